The lowest BCUT2D eigenvalue weighted by molar-refractivity contribution is -0.0890. The largest absolute Gasteiger partial charge is 0.367 e. The molecule has 0 bridgehead atoms. The molecule has 72 valence electrons. The molecule has 1 heterocycles. The van der Waals surface area contributed by atoms with Crippen LogP contribution < -0.4 is 5.73 Å². The average Bonchev–Trinajstić information content (AvgIpc) is 2.18. The molecule has 4 heteroatoms. The van der Waals surface area contributed by atoms with E-state index in [0.717, 1.165) is 5.56 Å². The number of aliphatic hydroxyl groups is 1. The summed E-state index contributed by atoms with van der Waals surface area (Å²) >= 11 is 0. The standard InChI is InChI=1S/C9H14N2O2/c1-13-9(12)8(10)6-7-2-4-11-5-3-7/h2-5,8-9,12H,6,10H2,1H3/t8-,9?/m1/s1. The van der Waals surface area contributed by atoms with Crippen LogP contribution in [0, 0.1) is 0 Å². The van der Waals surface area contributed by atoms with E-state index < -0.39 is 12.3 Å². The minimum absolute atomic E-state index is 0.396. The number of ether oxygens (including phenoxy) is 1. The number of aliphatic hydroxyl groups excluding tert-OH is 1. The Balaban J connectivity index is 2.50. The molecule has 1 aromatic rings. The van der Waals surface area contributed by atoms with Gasteiger partial charge in [0.05, 0.1) is 6.04 Å². The van der Waals surface area contributed by atoms with Gasteiger partial charge in [-0.1, -0.05) is 0 Å². The van der Waals surface area contributed by atoms with Crippen LogP contribution in [-0.2, 0) is 11.2 Å². The Morgan fingerprint density at radius 1 is 1.54 bits per heavy atom. The normalized spacial score (nSPS) is 15.3. The Labute approximate surface area is 77.4 Å². The molecule has 0 saturated heterocycles. The van der Waals surface area contributed by atoms with Gasteiger partial charge in [-0.25, -0.2) is 0 Å². The molecule has 1 unspecified atom stereocenters. The number of hydrogen-bond donors (Lipinski definition) is 2. The van der Waals surface area contributed by atoms with Gasteiger partial charge in [-0.15, -0.1) is 0 Å². The second-order valence-corrected chi connectivity index (χ2v) is 2.85. The molecule has 0 spiro atoms. The minimum Gasteiger partial charge on any atom is -0.367 e. The summed E-state index contributed by atoms with van der Waals surface area (Å²) < 4.78 is 4.70. The van der Waals surface area contributed by atoms with E-state index >= 15 is 0 Å². The van der Waals surface area contributed by atoms with Gasteiger partial charge in [-0.05, 0) is 24.1 Å². The maximum Gasteiger partial charge on any atom is 0.169 e. The van der Waals surface area contributed by atoms with Crippen LogP contribution in [0.15, 0.2) is 24.5 Å². The molecule has 3 N–H and O–H groups in total. The summed E-state index contributed by atoms with van der Waals surface area (Å²) in [7, 11) is 1.43. The maximum atomic E-state index is 9.22. The van der Waals surface area contributed by atoms with Gasteiger partial charge in [-0.2, -0.15) is 0 Å². The second kappa shape index (κ2) is 4.91. The Bertz CT molecular complexity index is 241. The van der Waals surface area contributed by atoms with Crippen molar-refractivity contribution < 1.29 is 9.84 Å². The number of aromatic nitrogens is 1. The predicted octanol–water partition coefficient (Wildman–Crippen LogP) is -0.0838. The number of methoxy groups -OCH3 is 1. The smallest absolute Gasteiger partial charge is 0.169 e. The first-order valence-electron chi connectivity index (χ1n) is 4.09. The summed E-state index contributed by atoms with van der Waals surface area (Å²) in [6, 6.07) is 3.33. The van der Waals surface area contributed by atoms with Crippen LogP contribution in [-0.4, -0.2) is 29.5 Å². The van der Waals surface area contributed by atoms with Gasteiger partial charge in [0, 0.05) is 19.5 Å². The lowest BCUT2D eigenvalue weighted by Gasteiger charge is -2.16. The maximum absolute atomic E-state index is 9.22. The molecule has 0 fully saturated rings. The third kappa shape index (κ3) is 3.10. The number of pyridine rings is 1. The summed E-state index contributed by atoms with van der Waals surface area (Å²) in [5, 5.41) is 9.22. The fourth-order valence-corrected chi connectivity index (χ4v) is 1.07. The van der Waals surface area contributed by atoms with Crippen LogP contribution in [0.2, 0.25) is 0 Å². The van der Waals surface area contributed by atoms with Crippen LogP contribution in [0.25, 0.3) is 0 Å². The molecule has 2 atom stereocenters. The molecule has 0 radical (unpaired) electrons. The first-order chi connectivity index (χ1) is 6.24. The van der Waals surface area contributed by atoms with Crippen LogP contribution >= 0.6 is 0 Å². The van der Waals surface area contributed by atoms with Crippen molar-refractivity contribution in [2.75, 3.05) is 7.11 Å². The van der Waals surface area contributed by atoms with Gasteiger partial charge < -0.3 is 15.6 Å². The summed E-state index contributed by atoms with van der Waals surface area (Å²) in [6.45, 7) is 0. The Hall–Kier alpha value is -0.970. The van der Waals surface area contributed by atoms with E-state index in [1.54, 1.807) is 12.4 Å². The first-order valence-corrected chi connectivity index (χ1v) is 4.09. The highest BCUT2D eigenvalue weighted by Crippen LogP contribution is 2.03. The lowest BCUT2D eigenvalue weighted by atomic mass is 10.1. The average molecular weight is 182 g/mol. The van der Waals surface area contributed by atoms with E-state index in [0.29, 0.717) is 6.42 Å². The zero-order chi connectivity index (χ0) is 9.68. The van der Waals surface area contributed by atoms with Crippen molar-refractivity contribution >= 4 is 0 Å². The van der Waals surface area contributed by atoms with Gasteiger partial charge in [0.15, 0.2) is 6.29 Å². The molecule has 13 heavy (non-hydrogen) atoms. The highest BCUT2D eigenvalue weighted by atomic mass is 16.6. The van der Waals surface area contributed by atoms with Crippen molar-refractivity contribution in [3.8, 4) is 0 Å². The Morgan fingerprint density at radius 3 is 2.69 bits per heavy atom. The number of nitrogens with zero attached hydrogens (tertiary/aromatic N) is 1. The van der Waals surface area contributed by atoms with Crippen LogP contribution in [0.1, 0.15) is 5.56 Å². The lowest BCUT2D eigenvalue weighted by Crippen LogP contribution is -2.37. The van der Waals surface area contributed by atoms with Crippen molar-refractivity contribution in [1.29, 1.82) is 0 Å². The third-order valence-corrected chi connectivity index (χ3v) is 1.83. The van der Waals surface area contributed by atoms with Gasteiger partial charge in [0.2, 0.25) is 0 Å². The van der Waals surface area contributed by atoms with E-state index in [1.807, 2.05) is 12.1 Å². The zero-order valence-corrected chi connectivity index (χ0v) is 7.55. The van der Waals surface area contributed by atoms with Crippen LogP contribution in [0.4, 0.5) is 0 Å². The third-order valence-electron chi connectivity index (χ3n) is 1.83. The van der Waals surface area contributed by atoms with Crippen LogP contribution in [0.5, 0.6) is 0 Å². The van der Waals surface area contributed by atoms with Gasteiger partial charge >= 0.3 is 0 Å². The molecule has 0 aliphatic rings. The highest BCUT2D eigenvalue weighted by Gasteiger charge is 2.13. The number of rotatable bonds is 4. The van der Waals surface area contributed by atoms with Crippen LogP contribution in [0.3, 0.4) is 0 Å². The fourth-order valence-electron chi connectivity index (χ4n) is 1.07. The molecular weight excluding hydrogens is 168 g/mol. The molecule has 1 rings (SSSR count). The predicted molar refractivity (Wildman–Crippen MR) is 48.9 cm³/mol. The second-order valence-electron chi connectivity index (χ2n) is 2.85. The summed E-state index contributed by atoms with van der Waals surface area (Å²) in [4.78, 5) is 3.88. The van der Waals surface area contributed by atoms with Gasteiger partial charge in [0.25, 0.3) is 0 Å². The van der Waals surface area contributed by atoms with Crippen molar-refractivity contribution in [3.63, 3.8) is 0 Å². The summed E-state index contributed by atoms with van der Waals surface area (Å²) in [5.41, 5.74) is 6.70. The molecule has 4 nitrogen and oxygen atoms in total. The SMILES string of the molecule is COC(O)[C@H](N)Cc1ccncc1. The van der Waals surface area contributed by atoms with E-state index in [9.17, 15) is 5.11 Å². The van der Waals surface area contributed by atoms with E-state index in [2.05, 4.69) is 4.98 Å². The molecule has 0 aliphatic heterocycles. The summed E-state index contributed by atoms with van der Waals surface area (Å²) in [5.74, 6) is 0. The Kier molecular flexibility index (Phi) is 3.82. The number of hydrogen-bond acceptors (Lipinski definition) is 4. The van der Waals surface area contributed by atoms with Gasteiger partial charge in [-0.3, -0.25) is 4.98 Å². The fraction of sp³-hybridized carbons (Fsp3) is 0.444. The van der Waals surface area contributed by atoms with E-state index in [-0.39, 0.29) is 0 Å². The topological polar surface area (TPSA) is 68.4 Å². The number of nitrogens with two attached hydrogens (primary N) is 1. The zero-order valence-electron chi connectivity index (χ0n) is 7.55. The van der Waals surface area contributed by atoms with Crippen molar-refractivity contribution in [1.82, 2.24) is 4.98 Å². The van der Waals surface area contributed by atoms with Gasteiger partial charge in [0.1, 0.15) is 0 Å². The van der Waals surface area contributed by atoms with E-state index in [4.69, 9.17) is 10.5 Å². The van der Waals surface area contributed by atoms with E-state index in [1.165, 1.54) is 7.11 Å². The van der Waals surface area contributed by atoms with Crippen molar-refractivity contribution in [2.24, 2.45) is 5.73 Å². The molecule has 0 aliphatic carbocycles. The van der Waals surface area contributed by atoms with Crippen molar-refractivity contribution in [3.05, 3.63) is 30.1 Å². The molecule has 0 aromatic carbocycles. The quantitative estimate of drug-likeness (QED) is 0.639. The van der Waals surface area contributed by atoms with Crippen molar-refractivity contribution in [2.45, 2.75) is 18.8 Å². The molecular formula is C9H14N2O2. The monoisotopic (exact) mass is 182 g/mol. The minimum atomic E-state index is -0.909. The molecule has 1 aromatic heterocycles. The summed E-state index contributed by atoms with van der Waals surface area (Å²) in [6.07, 6.45) is 3.06. The first kappa shape index (κ1) is 10.1. The molecule has 0 amide bonds. The Morgan fingerprint density at radius 2 is 2.15 bits per heavy atom. The highest BCUT2D eigenvalue weighted by molar-refractivity contribution is 5.11. The molecule has 0 saturated carbocycles.